The third-order valence-corrected chi connectivity index (χ3v) is 3.44. The topological polar surface area (TPSA) is 49.9 Å². The van der Waals surface area contributed by atoms with Crippen LogP contribution in [0.25, 0.3) is 0 Å². The van der Waals surface area contributed by atoms with Crippen LogP contribution in [0.4, 0.5) is 4.79 Å². The van der Waals surface area contributed by atoms with E-state index < -0.39 is 5.60 Å². The summed E-state index contributed by atoms with van der Waals surface area (Å²) in [7, 11) is 0. The fraction of sp³-hybridized carbons (Fsp3) is 0.857. The Labute approximate surface area is 114 Å². The first-order valence-electron chi connectivity index (χ1n) is 7.08. The van der Waals surface area contributed by atoms with Gasteiger partial charge < -0.3 is 9.64 Å². The molecule has 1 aliphatic heterocycles. The third kappa shape index (κ3) is 4.49. The molecule has 1 amide bonds. The lowest BCUT2D eigenvalue weighted by atomic mass is 10.2. The van der Waals surface area contributed by atoms with Gasteiger partial charge in [-0.2, -0.15) is 0 Å². The Kier molecular flexibility index (Phi) is 4.13. The minimum atomic E-state index is -0.448. The van der Waals surface area contributed by atoms with Crippen LogP contribution in [0.15, 0.2) is 0 Å². The molecular weight excluding hydrogens is 244 g/mol. The molecule has 0 radical (unpaired) electrons. The lowest BCUT2D eigenvalue weighted by Gasteiger charge is -2.35. The first-order chi connectivity index (χ1) is 8.85. The summed E-state index contributed by atoms with van der Waals surface area (Å²) in [4.78, 5) is 27.5. The SMILES string of the molecule is CC(C)(C)OC(=O)N1CCN(CC(=O)C2CC2)CC1. The molecule has 0 N–H and O–H groups in total. The summed E-state index contributed by atoms with van der Waals surface area (Å²) in [6.45, 7) is 8.97. The quantitative estimate of drug-likeness (QED) is 0.778. The van der Waals surface area contributed by atoms with Gasteiger partial charge in [-0.05, 0) is 33.6 Å². The van der Waals surface area contributed by atoms with E-state index in [0.717, 1.165) is 25.9 Å². The van der Waals surface area contributed by atoms with Gasteiger partial charge in [-0.25, -0.2) is 4.79 Å². The van der Waals surface area contributed by atoms with Crippen molar-refractivity contribution in [3.63, 3.8) is 0 Å². The van der Waals surface area contributed by atoms with Gasteiger partial charge in [0, 0.05) is 32.1 Å². The Morgan fingerprint density at radius 2 is 1.68 bits per heavy atom. The minimum absolute atomic E-state index is 0.249. The zero-order valence-corrected chi connectivity index (χ0v) is 12.1. The van der Waals surface area contributed by atoms with Crippen molar-refractivity contribution in [2.24, 2.45) is 5.92 Å². The maximum atomic E-state index is 11.9. The van der Waals surface area contributed by atoms with E-state index >= 15 is 0 Å². The first kappa shape index (κ1) is 14.3. The minimum Gasteiger partial charge on any atom is -0.444 e. The molecule has 0 atom stereocenters. The van der Waals surface area contributed by atoms with E-state index in [1.165, 1.54) is 0 Å². The second-order valence-electron chi connectivity index (χ2n) is 6.48. The van der Waals surface area contributed by atoms with Crippen molar-refractivity contribution in [2.45, 2.75) is 39.2 Å². The van der Waals surface area contributed by atoms with Crippen LogP contribution >= 0.6 is 0 Å². The molecule has 0 bridgehead atoms. The van der Waals surface area contributed by atoms with E-state index in [1.807, 2.05) is 20.8 Å². The first-order valence-corrected chi connectivity index (χ1v) is 7.08. The van der Waals surface area contributed by atoms with Gasteiger partial charge in [0.15, 0.2) is 0 Å². The normalized spacial score (nSPS) is 21.3. The van der Waals surface area contributed by atoms with Crippen molar-refractivity contribution in [3.8, 4) is 0 Å². The summed E-state index contributed by atoms with van der Waals surface area (Å²) >= 11 is 0. The number of carbonyl (C=O) groups excluding carboxylic acids is 2. The zero-order valence-electron chi connectivity index (χ0n) is 12.1. The highest BCUT2D eigenvalue weighted by Crippen LogP contribution is 2.30. The molecule has 0 aromatic rings. The molecule has 1 heterocycles. The van der Waals surface area contributed by atoms with Crippen molar-refractivity contribution in [3.05, 3.63) is 0 Å². The van der Waals surface area contributed by atoms with Gasteiger partial charge in [-0.15, -0.1) is 0 Å². The molecule has 2 fully saturated rings. The Hall–Kier alpha value is -1.10. The summed E-state index contributed by atoms with van der Waals surface area (Å²) < 4.78 is 5.34. The molecule has 0 aromatic carbocycles. The highest BCUT2D eigenvalue weighted by molar-refractivity contribution is 5.85. The van der Waals surface area contributed by atoms with Crippen molar-refractivity contribution in [1.82, 2.24) is 9.80 Å². The number of hydrogen-bond donors (Lipinski definition) is 0. The molecule has 5 nitrogen and oxygen atoms in total. The van der Waals surface area contributed by atoms with Gasteiger partial charge in [0.1, 0.15) is 11.4 Å². The molecule has 0 unspecified atom stereocenters. The monoisotopic (exact) mass is 268 g/mol. The van der Waals surface area contributed by atoms with Gasteiger partial charge in [-0.1, -0.05) is 0 Å². The lowest BCUT2D eigenvalue weighted by molar-refractivity contribution is -0.121. The van der Waals surface area contributed by atoms with Crippen LogP contribution in [0, 0.1) is 5.92 Å². The average molecular weight is 268 g/mol. The van der Waals surface area contributed by atoms with Crippen LogP contribution in [-0.4, -0.2) is 60.0 Å². The summed E-state index contributed by atoms with van der Waals surface area (Å²) in [6.07, 6.45) is 1.88. The van der Waals surface area contributed by atoms with E-state index in [9.17, 15) is 9.59 Å². The van der Waals surface area contributed by atoms with Crippen molar-refractivity contribution < 1.29 is 14.3 Å². The molecule has 19 heavy (non-hydrogen) atoms. The Morgan fingerprint density at radius 3 is 2.16 bits per heavy atom. The predicted octanol–water partition coefficient (Wildman–Crippen LogP) is 1.52. The fourth-order valence-electron chi connectivity index (χ4n) is 2.17. The molecule has 2 rings (SSSR count). The Balaban J connectivity index is 1.72. The second kappa shape index (κ2) is 5.49. The van der Waals surface area contributed by atoms with Gasteiger partial charge in [-0.3, -0.25) is 9.69 Å². The van der Waals surface area contributed by atoms with Crippen molar-refractivity contribution in [1.29, 1.82) is 0 Å². The zero-order chi connectivity index (χ0) is 14.0. The summed E-state index contributed by atoms with van der Waals surface area (Å²) in [5.41, 5.74) is -0.448. The van der Waals surface area contributed by atoms with E-state index in [4.69, 9.17) is 4.74 Å². The van der Waals surface area contributed by atoms with Gasteiger partial charge in [0.25, 0.3) is 0 Å². The number of nitrogens with zero attached hydrogens (tertiary/aromatic N) is 2. The number of hydrogen-bond acceptors (Lipinski definition) is 4. The third-order valence-electron chi connectivity index (χ3n) is 3.44. The number of piperazine rings is 1. The number of carbonyl (C=O) groups is 2. The highest BCUT2D eigenvalue weighted by atomic mass is 16.6. The molecule has 2 aliphatic rings. The summed E-state index contributed by atoms with van der Waals surface area (Å²) in [6, 6.07) is 0. The van der Waals surface area contributed by atoms with Crippen LogP contribution in [0.5, 0.6) is 0 Å². The maximum absolute atomic E-state index is 11.9. The number of rotatable bonds is 3. The van der Waals surface area contributed by atoms with E-state index in [0.29, 0.717) is 31.3 Å². The molecule has 1 saturated carbocycles. The standard InChI is InChI=1S/C14H24N2O3/c1-14(2,3)19-13(18)16-8-6-15(7-9-16)10-12(17)11-4-5-11/h11H,4-10H2,1-3H3. The van der Waals surface area contributed by atoms with E-state index in [-0.39, 0.29) is 6.09 Å². The van der Waals surface area contributed by atoms with Crippen LogP contribution in [0.1, 0.15) is 33.6 Å². The van der Waals surface area contributed by atoms with Crippen LogP contribution < -0.4 is 0 Å². The largest absolute Gasteiger partial charge is 0.444 e. The molecule has 1 aliphatic carbocycles. The van der Waals surface area contributed by atoms with Crippen LogP contribution in [0.3, 0.4) is 0 Å². The Bertz CT molecular complexity index is 350. The van der Waals surface area contributed by atoms with Crippen molar-refractivity contribution >= 4 is 11.9 Å². The van der Waals surface area contributed by atoms with Crippen LogP contribution in [-0.2, 0) is 9.53 Å². The molecule has 108 valence electrons. The molecule has 0 spiro atoms. The van der Waals surface area contributed by atoms with Crippen LogP contribution in [0.2, 0.25) is 0 Å². The Morgan fingerprint density at radius 1 is 1.11 bits per heavy atom. The smallest absolute Gasteiger partial charge is 0.410 e. The molecule has 1 saturated heterocycles. The van der Waals surface area contributed by atoms with Gasteiger partial charge in [0.05, 0.1) is 6.54 Å². The molecule has 5 heteroatoms. The number of ketones is 1. The van der Waals surface area contributed by atoms with E-state index in [1.54, 1.807) is 4.90 Å². The van der Waals surface area contributed by atoms with Gasteiger partial charge in [0.2, 0.25) is 0 Å². The molecular formula is C14H24N2O3. The fourth-order valence-corrected chi connectivity index (χ4v) is 2.17. The van der Waals surface area contributed by atoms with Gasteiger partial charge >= 0.3 is 6.09 Å². The molecule has 0 aromatic heterocycles. The van der Waals surface area contributed by atoms with E-state index in [2.05, 4.69) is 4.90 Å². The second-order valence-corrected chi connectivity index (χ2v) is 6.48. The number of amides is 1. The highest BCUT2D eigenvalue weighted by Gasteiger charge is 2.32. The summed E-state index contributed by atoms with van der Waals surface area (Å²) in [5.74, 6) is 0.689. The summed E-state index contributed by atoms with van der Waals surface area (Å²) in [5, 5.41) is 0. The average Bonchev–Trinajstić information content (AvgIpc) is 3.11. The number of ether oxygens (including phenoxy) is 1. The van der Waals surface area contributed by atoms with Crippen molar-refractivity contribution in [2.75, 3.05) is 32.7 Å². The predicted molar refractivity (Wildman–Crippen MR) is 72.0 cm³/mol. The number of Topliss-reactive ketones (excluding diaryl/α,β-unsaturated/α-hetero) is 1. The maximum Gasteiger partial charge on any atom is 0.410 e. The lowest BCUT2D eigenvalue weighted by Crippen LogP contribution is -2.51.